The molecule has 0 aliphatic heterocycles. The van der Waals surface area contributed by atoms with Gasteiger partial charge in [-0.3, -0.25) is 0 Å². The van der Waals surface area contributed by atoms with Gasteiger partial charge in [-0.1, -0.05) is 115 Å². The summed E-state index contributed by atoms with van der Waals surface area (Å²) in [5.41, 5.74) is 2.50. The zero-order valence-electron chi connectivity index (χ0n) is 25.2. The number of halogens is 3. The summed E-state index contributed by atoms with van der Waals surface area (Å²) in [4.78, 5) is 1.46. The Bertz CT molecular complexity index is 1960. The first-order chi connectivity index (χ1) is 22.9. The molecule has 1 atom stereocenters. The molecule has 6 aromatic rings. The predicted molar refractivity (Wildman–Crippen MR) is 173 cm³/mol. The summed E-state index contributed by atoms with van der Waals surface area (Å²) in [5, 5.41) is 19.9. The smallest absolute Gasteiger partial charge is 0.416 e. The van der Waals surface area contributed by atoms with Crippen molar-refractivity contribution in [1.82, 2.24) is 15.0 Å². The van der Waals surface area contributed by atoms with E-state index in [2.05, 4.69) is 6.07 Å². The molecule has 0 radical (unpaired) electrons. The Labute approximate surface area is 270 Å². The van der Waals surface area contributed by atoms with E-state index in [0.29, 0.717) is 6.42 Å². The molecule has 1 aliphatic rings. The molecule has 0 saturated carbocycles. The third-order valence-corrected chi connectivity index (χ3v) is 8.69. The van der Waals surface area contributed by atoms with E-state index in [1.807, 2.05) is 115 Å². The molecule has 1 aliphatic carbocycles. The van der Waals surface area contributed by atoms with Gasteiger partial charge < -0.3 is 4.74 Å². The summed E-state index contributed by atoms with van der Waals surface area (Å²) in [6.07, 6.45) is -2.63. The quantitative estimate of drug-likeness (QED) is 0.166. The predicted octanol–water partition coefficient (Wildman–Crippen LogP) is 9.13. The molecule has 8 heteroatoms. The molecule has 1 aromatic heterocycles. The largest absolute Gasteiger partial charge is 0.486 e. The average Bonchev–Trinajstić information content (AvgIpc) is 3.55. The second-order valence-electron chi connectivity index (χ2n) is 11.5. The van der Waals surface area contributed by atoms with Crippen molar-refractivity contribution in [1.29, 1.82) is 5.26 Å². The van der Waals surface area contributed by atoms with Crippen LogP contribution in [0.15, 0.2) is 133 Å². The van der Waals surface area contributed by atoms with Gasteiger partial charge in [0, 0.05) is 5.56 Å². The fourth-order valence-corrected chi connectivity index (χ4v) is 6.57. The van der Waals surface area contributed by atoms with Crippen LogP contribution in [-0.2, 0) is 18.1 Å². The van der Waals surface area contributed by atoms with E-state index < -0.39 is 23.4 Å². The van der Waals surface area contributed by atoms with Crippen molar-refractivity contribution in [3.8, 4) is 23.1 Å². The zero-order chi connectivity index (χ0) is 32.4. The Morgan fingerprint density at radius 1 is 0.702 bits per heavy atom. The molecule has 1 unspecified atom stereocenters. The van der Waals surface area contributed by atoms with Crippen LogP contribution in [0.2, 0.25) is 0 Å². The fourth-order valence-electron chi connectivity index (χ4n) is 6.57. The second-order valence-corrected chi connectivity index (χ2v) is 11.5. The molecule has 0 bridgehead atoms. The lowest BCUT2D eigenvalue weighted by Crippen LogP contribution is -2.39. The van der Waals surface area contributed by atoms with Gasteiger partial charge in [-0.15, -0.1) is 5.10 Å². The molecule has 232 valence electrons. The maximum absolute atomic E-state index is 14.4. The van der Waals surface area contributed by atoms with E-state index in [1.54, 1.807) is 0 Å². The number of fused-ring (bicyclic) bond motifs is 1. The molecule has 5 aromatic carbocycles. The minimum atomic E-state index is -4.66. The summed E-state index contributed by atoms with van der Waals surface area (Å²) in [6, 6.07) is 42.4. The molecule has 47 heavy (non-hydrogen) atoms. The van der Waals surface area contributed by atoms with E-state index in [1.165, 1.54) is 10.9 Å². The normalized spacial score (nSPS) is 14.6. The zero-order valence-corrected chi connectivity index (χ0v) is 25.2. The Hall–Kier alpha value is -5.68. The van der Waals surface area contributed by atoms with Gasteiger partial charge in [-0.2, -0.15) is 28.3 Å². The molecule has 0 amide bonds. The minimum Gasteiger partial charge on any atom is -0.486 e. The minimum absolute atomic E-state index is 0.0275. The number of hydrogen-bond acceptors (Lipinski definition) is 4. The highest BCUT2D eigenvalue weighted by atomic mass is 19.4. The molecule has 0 spiro atoms. The van der Waals surface area contributed by atoms with Gasteiger partial charge in [0.25, 0.3) is 0 Å². The number of ether oxygens (including phenoxy) is 1. The van der Waals surface area contributed by atoms with Gasteiger partial charge in [0.15, 0.2) is 11.2 Å². The molecule has 0 fully saturated rings. The van der Waals surface area contributed by atoms with Crippen molar-refractivity contribution >= 4 is 0 Å². The average molecular weight is 627 g/mol. The summed E-state index contributed by atoms with van der Waals surface area (Å²) in [7, 11) is 0. The van der Waals surface area contributed by atoms with Gasteiger partial charge in [-0.25, -0.2) is 0 Å². The topological polar surface area (TPSA) is 63.7 Å². The number of benzene rings is 5. The molecule has 7 rings (SSSR count). The van der Waals surface area contributed by atoms with Crippen molar-refractivity contribution in [2.45, 2.75) is 37.1 Å². The number of hydrogen-bond donors (Lipinski definition) is 0. The van der Waals surface area contributed by atoms with Gasteiger partial charge in [0.1, 0.15) is 23.6 Å². The highest BCUT2D eigenvalue weighted by molar-refractivity contribution is 5.67. The van der Waals surface area contributed by atoms with Gasteiger partial charge in [0.2, 0.25) is 0 Å². The van der Waals surface area contributed by atoms with Crippen LogP contribution < -0.4 is 4.74 Å². The van der Waals surface area contributed by atoms with Crippen LogP contribution in [0.4, 0.5) is 13.2 Å². The van der Waals surface area contributed by atoms with E-state index in [0.717, 1.165) is 52.8 Å². The summed E-state index contributed by atoms with van der Waals surface area (Å²) < 4.78 is 49.4. The molecular formula is C39H29F3N4O. The lowest BCUT2D eigenvalue weighted by Gasteiger charge is -2.34. The van der Waals surface area contributed by atoms with E-state index >= 15 is 0 Å². The van der Waals surface area contributed by atoms with Crippen molar-refractivity contribution < 1.29 is 17.9 Å². The number of nitrogens with zero attached hydrogens (tertiary/aromatic N) is 4. The van der Waals surface area contributed by atoms with Crippen LogP contribution in [0.3, 0.4) is 0 Å². The van der Waals surface area contributed by atoms with Crippen LogP contribution in [-0.4, -0.2) is 15.0 Å². The second kappa shape index (κ2) is 12.3. The Kier molecular flexibility index (Phi) is 7.82. The van der Waals surface area contributed by atoms with Crippen molar-refractivity contribution in [3.05, 3.63) is 173 Å². The van der Waals surface area contributed by atoms with Crippen molar-refractivity contribution in [2.75, 3.05) is 0 Å². The summed E-state index contributed by atoms with van der Waals surface area (Å²) in [6.45, 7) is 0. The van der Waals surface area contributed by atoms with Crippen LogP contribution in [0.5, 0.6) is 5.75 Å². The number of alkyl halides is 3. The monoisotopic (exact) mass is 626 g/mol. The van der Waals surface area contributed by atoms with E-state index in [-0.39, 0.29) is 22.7 Å². The fraction of sp³-hybridized carbons (Fsp3) is 0.154. The van der Waals surface area contributed by atoms with Crippen LogP contribution in [0.1, 0.15) is 58.0 Å². The lowest BCUT2D eigenvalue weighted by molar-refractivity contribution is -0.137. The number of nitriles is 1. The number of rotatable bonds is 7. The molecule has 0 saturated heterocycles. The van der Waals surface area contributed by atoms with Gasteiger partial charge in [0.05, 0.1) is 5.56 Å². The standard InChI is InChI=1S/C39H29F3N4O/c40-39(41,42)32-23-28(24-33(25-32)47-36-22-12-14-27-13-10-11-21-34(27)36)37-35(26-43)44-46(45-37)38(29-15-4-1-5-16-29,30-17-6-2-7-18-30)31-19-8-3-9-20-31/h1-11,13,15-21,23-25,36H,12,14,22H2. The van der Waals surface area contributed by atoms with Crippen LogP contribution in [0.25, 0.3) is 11.3 Å². The van der Waals surface area contributed by atoms with Crippen LogP contribution >= 0.6 is 0 Å². The number of aryl methyl sites for hydroxylation is 1. The highest BCUT2D eigenvalue weighted by Crippen LogP contribution is 2.42. The number of aromatic nitrogens is 3. The van der Waals surface area contributed by atoms with Crippen LogP contribution in [0, 0.1) is 11.3 Å². The Morgan fingerprint density at radius 3 is 1.85 bits per heavy atom. The van der Waals surface area contributed by atoms with E-state index in [9.17, 15) is 18.4 Å². The molecule has 0 N–H and O–H groups in total. The van der Waals surface area contributed by atoms with Crippen molar-refractivity contribution in [2.24, 2.45) is 0 Å². The SMILES string of the molecule is N#Cc1nn(C(c2ccccc2)(c2ccccc2)c2ccccc2)nc1-c1cc(OC2CCCc3ccccc32)cc(C(F)(F)F)c1. The Balaban J connectivity index is 1.43. The van der Waals surface area contributed by atoms with Gasteiger partial charge in [-0.05, 0) is 65.3 Å². The molecule has 1 heterocycles. The highest BCUT2D eigenvalue weighted by Gasteiger charge is 2.42. The summed E-state index contributed by atoms with van der Waals surface area (Å²) >= 11 is 0. The lowest BCUT2D eigenvalue weighted by atomic mass is 9.77. The van der Waals surface area contributed by atoms with Crippen molar-refractivity contribution in [3.63, 3.8) is 0 Å². The molecular weight excluding hydrogens is 597 g/mol. The van der Waals surface area contributed by atoms with Gasteiger partial charge >= 0.3 is 6.18 Å². The van der Waals surface area contributed by atoms with E-state index in [4.69, 9.17) is 14.9 Å². The molecule has 5 nitrogen and oxygen atoms in total. The first-order valence-corrected chi connectivity index (χ1v) is 15.4. The summed E-state index contributed by atoms with van der Waals surface area (Å²) in [5.74, 6) is 0.0513. The third-order valence-electron chi connectivity index (χ3n) is 8.69. The first kappa shape index (κ1) is 30.0. The Morgan fingerprint density at radius 2 is 1.28 bits per heavy atom. The third kappa shape index (κ3) is 5.55. The first-order valence-electron chi connectivity index (χ1n) is 15.4. The maximum atomic E-state index is 14.4. The maximum Gasteiger partial charge on any atom is 0.416 e.